The molecule has 3 nitrogen and oxygen atoms in total. The van der Waals surface area contributed by atoms with E-state index in [2.05, 4.69) is 26.2 Å². The number of pyridine rings is 1. The minimum Gasteiger partial charge on any atom is -0.306 e. The standard InChI is InChI=1S/C13H9BrCl2N2O/c1-7-5-11(17-6-8(7)14)18-13(19)12-9(15)3-2-4-10(12)16/h2-6H,1H3,(H,17,18,19). The molecular formula is C13H9BrCl2N2O. The number of aryl methyl sites for hydroxylation is 1. The lowest BCUT2D eigenvalue weighted by Gasteiger charge is -2.08. The Kier molecular flexibility index (Phi) is 4.45. The highest BCUT2D eigenvalue weighted by atomic mass is 79.9. The molecule has 2 rings (SSSR count). The first kappa shape index (κ1) is 14.3. The van der Waals surface area contributed by atoms with Gasteiger partial charge in [-0.2, -0.15) is 0 Å². The number of rotatable bonds is 2. The summed E-state index contributed by atoms with van der Waals surface area (Å²) in [4.78, 5) is 16.2. The second-order valence-electron chi connectivity index (χ2n) is 3.87. The maximum Gasteiger partial charge on any atom is 0.259 e. The van der Waals surface area contributed by atoms with Crippen molar-refractivity contribution in [3.8, 4) is 0 Å². The van der Waals surface area contributed by atoms with Gasteiger partial charge in [0.1, 0.15) is 5.82 Å². The lowest BCUT2D eigenvalue weighted by atomic mass is 10.2. The van der Waals surface area contributed by atoms with Crippen molar-refractivity contribution in [2.75, 3.05) is 5.32 Å². The molecule has 1 amide bonds. The van der Waals surface area contributed by atoms with Gasteiger partial charge in [-0.3, -0.25) is 4.79 Å². The summed E-state index contributed by atoms with van der Waals surface area (Å²) in [5, 5.41) is 3.28. The summed E-state index contributed by atoms with van der Waals surface area (Å²) >= 11 is 15.3. The van der Waals surface area contributed by atoms with Gasteiger partial charge in [0, 0.05) is 10.7 Å². The van der Waals surface area contributed by atoms with E-state index in [4.69, 9.17) is 23.2 Å². The van der Waals surface area contributed by atoms with Crippen molar-refractivity contribution in [2.45, 2.75) is 6.92 Å². The van der Waals surface area contributed by atoms with Gasteiger partial charge in [0.2, 0.25) is 0 Å². The summed E-state index contributed by atoms with van der Waals surface area (Å²) in [5.41, 5.74) is 1.21. The first-order valence-corrected chi connectivity index (χ1v) is 6.91. The van der Waals surface area contributed by atoms with Crippen molar-refractivity contribution in [1.29, 1.82) is 0 Å². The van der Waals surface area contributed by atoms with E-state index in [1.165, 1.54) is 0 Å². The smallest absolute Gasteiger partial charge is 0.259 e. The Hall–Kier alpha value is -1.10. The van der Waals surface area contributed by atoms with E-state index in [1.54, 1.807) is 30.5 Å². The van der Waals surface area contributed by atoms with Crippen molar-refractivity contribution < 1.29 is 4.79 Å². The van der Waals surface area contributed by atoms with Crippen LogP contribution in [0.5, 0.6) is 0 Å². The fourth-order valence-corrected chi connectivity index (χ4v) is 2.29. The Morgan fingerprint density at radius 1 is 1.32 bits per heavy atom. The average molecular weight is 360 g/mol. The molecule has 0 aliphatic carbocycles. The summed E-state index contributed by atoms with van der Waals surface area (Å²) < 4.78 is 0.876. The Bertz CT molecular complexity index is 626. The number of amides is 1. The van der Waals surface area contributed by atoms with E-state index >= 15 is 0 Å². The molecule has 1 heterocycles. The Morgan fingerprint density at radius 3 is 2.53 bits per heavy atom. The molecule has 0 saturated carbocycles. The number of carbonyl (C=O) groups is 1. The van der Waals surface area contributed by atoms with Crippen LogP contribution in [0.1, 0.15) is 15.9 Å². The molecule has 0 fully saturated rings. The second kappa shape index (κ2) is 5.90. The van der Waals surface area contributed by atoms with Gasteiger partial charge < -0.3 is 5.32 Å². The van der Waals surface area contributed by atoms with Gasteiger partial charge in [-0.25, -0.2) is 4.98 Å². The highest BCUT2D eigenvalue weighted by Crippen LogP contribution is 2.25. The molecule has 0 saturated heterocycles. The molecule has 6 heteroatoms. The molecule has 0 aliphatic heterocycles. The van der Waals surface area contributed by atoms with Crippen molar-refractivity contribution in [3.05, 3.63) is 56.1 Å². The lowest BCUT2D eigenvalue weighted by Crippen LogP contribution is -2.14. The van der Waals surface area contributed by atoms with E-state index in [0.717, 1.165) is 10.0 Å². The third-order valence-corrected chi connectivity index (χ3v) is 3.94. The highest BCUT2D eigenvalue weighted by Gasteiger charge is 2.15. The lowest BCUT2D eigenvalue weighted by molar-refractivity contribution is 0.102. The van der Waals surface area contributed by atoms with Crippen LogP contribution in [0, 0.1) is 6.92 Å². The van der Waals surface area contributed by atoms with Crippen LogP contribution in [-0.4, -0.2) is 10.9 Å². The highest BCUT2D eigenvalue weighted by molar-refractivity contribution is 9.10. The number of aromatic nitrogens is 1. The first-order chi connectivity index (χ1) is 8.99. The molecule has 19 heavy (non-hydrogen) atoms. The van der Waals surface area contributed by atoms with E-state index in [-0.39, 0.29) is 11.5 Å². The SMILES string of the molecule is Cc1cc(NC(=O)c2c(Cl)cccc2Cl)ncc1Br. The second-order valence-corrected chi connectivity index (χ2v) is 5.54. The number of hydrogen-bond donors (Lipinski definition) is 1. The zero-order valence-corrected chi connectivity index (χ0v) is 13.0. The molecule has 1 aromatic carbocycles. The van der Waals surface area contributed by atoms with Crippen LogP contribution in [-0.2, 0) is 0 Å². The molecule has 0 atom stereocenters. The van der Waals surface area contributed by atoms with Gasteiger partial charge in [-0.05, 0) is 46.6 Å². The molecule has 2 aromatic rings. The van der Waals surface area contributed by atoms with Gasteiger partial charge in [0.15, 0.2) is 0 Å². The summed E-state index contributed by atoms with van der Waals surface area (Å²) in [7, 11) is 0. The molecule has 98 valence electrons. The number of hydrogen-bond acceptors (Lipinski definition) is 2. The van der Waals surface area contributed by atoms with Crippen LogP contribution in [0.4, 0.5) is 5.82 Å². The molecule has 0 unspecified atom stereocenters. The van der Waals surface area contributed by atoms with Gasteiger partial charge >= 0.3 is 0 Å². The van der Waals surface area contributed by atoms with Gasteiger partial charge in [0.25, 0.3) is 5.91 Å². The first-order valence-electron chi connectivity index (χ1n) is 5.36. The molecule has 0 aliphatic rings. The number of anilines is 1. The predicted molar refractivity (Wildman–Crippen MR) is 81.1 cm³/mol. The largest absolute Gasteiger partial charge is 0.306 e. The zero-order chi connectivity index (χ0) is 14.0. The van der Waals surface area contributed by atoms with Crippen molar-refractivity contribution in [1.82, 2.24) is 4.98 Å². The van der Waals surface area contributed by atoms with E-state index < -0.39 is 0 Å². The Labute approximate surface area is 129 Å². The fourth-order valence-electron chi connectivity index (χ4n) is 1.50. The number of nitrogens with one attached hydrogen (secondary N) is 1. The third kappa shape index (κ3) is 3.26. The van der Waals surface area contributed by atoms with Gasteiger partial charge in [-0.15, -0.1) is 0 Å². The van der Waals surface area contributed by atoms with Crippen molar-refractivity contribution >= 4 is 50.9 Å². The van der Waals surface area contributed by atoms with Crippen LogP contribution in [0.15, 0.2) is 34.9 Å². The molecule has 1 aromatic heterocycles. The minimum atomic E-state index is -0.384. The van der Waals surface area contributed by atoms with Crippen LogP contribution >= 0.6 is 39.1 Å². The summed E-state index contributed by atoms with van der Waals surface area (Å²) in [6, 6.07) is 6.67. The number of nitrogens with zero attached hydrogens (tertiary/aromatic N) is 1. The van der Waals surface area contributed by atoms with Gasteiger partial charge in [-0.1, -0.05) is 29.3 Å². The molecule has 0 bridgehead atoms. The van der Waals surface area contributed by atoms with E-state index in [0.29, 0.717) is 15.9 Å². The predicted octanol–water partition coefficient (Wildman–Crippen LogP) is 4.71. The number of carbonyl (C=O) groups excluding carboxylic acids is 1. The van der Waals surface area contributed by atoms with Gasteiger partial charge in [0.05, 0.1) is 15.6 Å². The van der Waals surface area contributed by atoms with Crippen LogP contribution in [0.2, 0.25) is 10.0 Å². The monoisotopic (exact) mass is 358 g/mol. The Morgan fingerprint density at radius 2 is 1.95 bits per heavy atom. The summed E-state index contributed by atoms with van der Waals surface area (Å²) in [5.74, 6) is 0.0616. The quantitative estimate of drug-likeness (QED) is 0.843. The number of benzene rings is 1. The van der Waals surface area contributed by atoms with Crippen LogP contribution in [0.25, 0.3) is 0 Å². The summed E-state index contributed by atoms with van der Waals surface area (Å²) in [6.45, 7) is 1.91. The fraction of sp³-hybridized carbons (Fsp3) is 0.0769. The third-order valence-electron chi connectivity index (χ3n) is 2.48. The zero-order valence-electron chi connectivity index (χ0n) is 9.88. The average Bonchev–Trinajstić information content (AvgIpc) is 2.33. The van der Waals surface area contributed by atoms with E-state index in [9.17, 15) is 4.79 Å². The topological polar surface area (TPSA) is 42.0 Å². The molecule has 0 radical (unpaired) electrons. The maximum atomic E-state index is 12.1. The molecular weight excluding hydrogens is 351 g/mol. The molecule has 0 spiro atoms. The number of halogens is 3. The van der Waals surface area contributed by atoms with Crippen molar-refractivity contribution in [2.24, 2.45) is 0 Å². The van der Waals surface area contributed by atoms with Crippen LogP contribution < -0.4 is 5.32 Å². The van der Waals surface area contributed by atoms with Crippen molar-refractivity contribution in [3.63, 3.8) is 0 Å². The maximum absolute atomic E-state index is 12.1. The minimum absolute atomic E-state index is 0.244. The van der Waals surface area contributed by atoms with Crippen LogP contribution in [0.3, 0.4) is 0 Å². The van der Waals surface area contributed by atoms with E-state index in [1.807, 2.05) is 6.92 Å². The summed E-state index contributed by atoms with van der Waals surface area (Å²) in [6.07, 6.45) is 1.62. The normalized spacial score (nSPS) is 10.3. The molecule has 1 N–H and O–H groups in total. The Balaban J connectivity index is 2.28.